The number of benzene rings is 1. The number of hydrogen-bond donors (Lipinski definition) is 2. The Morgan fingerprint density at radius 2 is 1.85 bits per heavy atom. The first-order valence-corrected chi connectivity index (χ1v) is 13.2. The van der Waals surface area contributed by atoms with Crippen LogP contribution in [0.1, 0.15) is 101 Å². The predicted molar refractivity (Wildman–Crippen MR) is 143 cm³/mol. The molecule has 0 saturated carbocycles. The minimum Gasteiger partial charge on any atom is -0.478 e. The zero-order valence-electron chi connectivity index (χ0n) is 21.8. The Bertz CT molecular complexity index is 1000. The third-order valence-electron chi connectivity index (χ3n) is 6.97. The van der Waals surface area contributed by atoms with Gasteiger partial charge in [-0.3, -0.25) is 0 Å². The number of aromatic carboxylic acids is 1. The quantitative estimate of drug-likeness (QED) is 0.363. The summed E-state index contributed by atoms with van der Waals surface area (Å²) >= 11 is 1.94. The van der Waals surface area contributed by atoms with Crippen molar-refractivity contribution in [1.29, 1.82) is 0 Å². The van der Waals surface area contributed by atoms with Gasteiger partial charge in [-0.05, 0) is 72.3 Å². The molecule has 0 radical (unpaired) electrons. The molecule has 2 aromatic rings. The van der Waals surface area contributed by atoms with Crippen LogP contribution in [0.3, 0.4) is 0 Å². The molecule has 0 spiro atoms. The van der Waals surface area contributed by atoms with Gasteiger partial charge in [-0.2, -0.15) is 0 Å². The number of fused-ring (bicyclic) bond motifs is 1. The van der Waals surface area contributed by atoms with Gasteiger partial charge in [-0.1, -0.05) is 54.9 Å². The average Bonchev–Trinajstić information content (AvgIpc) is 3.09. The van der Waals surface area contributed by atoms with E-state index in [1.807, 2.05) is 23.5 Å². The van der Waals surface area contributed by atoms with Gasteiger partial charge in [0.2, 0.25) is 0 Å². The summed E-state index contributed by atoms with van der Waals surface area (Å²) in [5.41, 5.74) is 5.37. The normalized spacial score (nSPS) is 16.5. The maximum Gasteiger partial charge on any atom is 0.337 e. The lowest BCUT2D eigenvalue weighted by molar-refractivity contribution is 0.0698. The average molecular weight is 471 g/mol. The van der Waals surface area contributed by atoms with E-state index >= 15 is 0 Å². The molecule has 0 saturated heterocycles. The summed E-state index contributed by atoms with van der Waals surface area (Å²) in [7, 11) is 0. The fourth-order valence-electron chi connectivity index (χ4n) is 5.02. The van der Waals surface area contributed by atoms with Crippen molar-refractivity contribution in [3.05, 3.63) is 39.8 Å². The molecule has 0 atom stereocenters. The lowest BCUT2D eigenvalue weighted by Gasteiger charge is -2.39. The van der Waals surface area contributed by atoms with E-state index in [4.69, 9.17) is 0 Å². The number of anilines is 3. The number of unbranched alkanes of at least 4 members (excludes halogenated alkanes) is 1. The van der Waals surface area contributed by atoms with Crippen molar-refractivity contribution in [1.82, 2.24) is 0 Å². The van der Waals surface area contributed by atoms with Crippen molar-refractivity contribution in [3.63, 3.8) is 0 Å². The van der Waals surface area contributed by atoms with Crippen molar-refractivity contribution in [2.45, 2.75) is 91.9 Å². The van der Waals surface area contributed by atoms with Crippen LogP contribution in [0.25, 0.3) is 0 Å². The number of nitrogens with one attached hydrogen (secondary N) is 1. The first-order valence-electron chi connectivity index (χ1n) is 12.4. The lowest BCUT2D eigenvalue weighted by atomic mass is 9.66. The molecule has 33 heavy (non-hydrogen) atoms. The van der Waals surface area contributed by atoms with Crippen molar-refractivity contribution in [2.24, 2.45) is 5.92 Å². The Morgan fingerprint density at radius 3 is 2.42 bits per heavy atom. The Balaban J connectivity index is 2.14. The molecule has 4 nitrogen and oxygen atoms in total. The Hall–Kier alpha value is -2.01. The number of carbonyl (C=O) groups is 1. The molecule has 1 aliphatic rings. The maximum atomic E-state index is 11.9. The van der Waals surface area contributed by atoms with Gasteiger partial charge in [0.25, 0.3) is 0 Å². The van der Waals surface area contributed by atoms with Crippen LogP contribution >= 0.6 is 11.3 Å². The smallest absolute Gasteiger partial charge is 0.337 e. The van der Waals surface area contributed by atoms with Crippen LogP contribution in [0.5, 0.6) is 0 Å². The molecular formula is C28H42N2O2S. The summed E-state index contributed by atoms with van der Waals surface area (Å²) in [4.78, 5) is 15.8. The van der Waals surface area contributed by atoms with E-state index in [2.05, 4.69) is 65.6 Å². The van der Waals surface area contributed by atoms with Gasteiger partial charge in [0.15, 0.2) is 0 Å². The van der Waals surface area contributed by atoms with Crippen molar-refractivity contribution in [2.75, 3.05) is 23.3 Å². The largest absolute Gasteiger partial charge is 0.478 e. The molecule has 0 fully saturated rings. The highest BCUT2D eigenvalue weighted by Gasteiger charge is 2.41. The van der Waals surface area contributed by atoms with Crippen molar-refractivity contribution < 1.29 is 9.90 Å². The summed E-state index contributed by atoms with van der Waals surface area (Å²) in [6.45, 7) is 20.1. The van der Waals surface area contributed by atoms with Crippen LogP contribution in [0.15, 0.2) is 18.2 Å². The van der Waals surface area contributed by atoms with E-state index < -0.39 is 5.97 Å². The fourth-order valence-corrected chi connectivity index (χ4v) is 6.67. The number of carboxylic acids is 1. The standard InChI is InChI=1S/C28H42N2O2S/c1-9-10-15-29-22-16-20(11-12-21(22)26(31)32)30(17-18(2)3)25-19(4)23-24(33-25)28(7,8)14-13-27(23,5)6/h11-12,16,18,29H,9-10,13-15,17H2,1-8H3,(H,31,32). The summed E-state index contributed by atoms with van der Waals surface area (Å²) in [5.74, 6) is -0.414. The van der Waals surface area contributed by atoms with Gasteiger partial charge in [-0.25, -0.2) is 4.79 Å². The molecule has 2 N–H and O–H groups in total. The molecule has 0 aliphatic heterocycles. The number of hydrogen-bond acceptors (Lipinski definition) is 4. The molecule has 1 aromatic carbocycles. The van der Waals surface area contributed by atoms with Gasteiger partial charge >= 0.3 is 5.97 Å². The lowest BCUT2D eigenvalue weighted by Crippen LogP contribution is -2.32. The number of nitrogens with zero attached hydrogens (tertiary/aromatic N) is 1. The third-order valence-corrected chi connectivity index (χ3v) is 8.65. The van der Waals surface area contributed by atoms with Gasteiger partial charge in [0, 0.05) is 23.7 Å². The summed E-state index contributed by atoms with van der Waals surface area (Å²) < 4.78 is 0. The molecule has 0 bridgehead atoms. The highest BCUT2D eigenvalue weighted by atomic mass is 32.1. The predicted octanol–water partition coefficient (Wildman–Crippen LogP) is 8.11. The van der Waals surface area contributed by atoms with Gasteiger partial charge in [-0.15, -0.1) is 11.3 Å². The zero-order valence-corrected chi connectivity index (χ0v) is 22.6. The van der Waals surface area contributed by atoms with Crippen LogP contribution in [-0.2, 0) is 10.8 Å². The first kappa shape index (κ1) is 25.6. The van der Waals surface area contributed by atoms with Crippen LogP contribution in [0.4, 0.5) is 16.4 Å². The molecule has 182 valence electrons. The molecule has 5 heteroatoms. The van der Waals surface area contributed by atoms with Crippen molar-refractivity contribution in [3.8, 4) is 0 Å². The second kappa shape index (κ2) is 9.69. The van der Waals surface area contributed by atoms with E-state index in [-0.39, 0.29) is 10.8 Å². The van der Waals surface area contributed by atoms with E-state index in [9.17, 15) is 9.90 Å². The zero-order chi connectivity index (χ0) is 24.6. The van der Waals surface area contributed by atoms with E-state index in [0.29, 0.717) is 17.2 Å². The van der Waals surface area contributed by atoms with Gasteiger partial charge in [0.1, 0.15) is 0 Å². The Labute approximate surface area is 204 Å². The van der Waals surface area contributed by atoms with E-state index in [1.54, 1.807) is 6.07 Å². The molecule has 1 aliphatic carbocycles. The third kappa shape index (κ3) is 5.24. The van der Waals surface area contributed by atoms with E-state index in [1.165, 1.54) is 33.8 Å². The fraction of sp³-hybridized carbons (Fsp3) is 0.607. The summed E-state index contributed by atoms with van der Waals surface area (Å²) in [6, 6.07) is 5.77. The molecule has 1 aromatic heterocycles. The molecule has 0 amide bonds. The second-order valence-corrected chi connectivity index (χ2v) is 12.3. The monoisotopic (exact) mass is 470 g/mol. The van der Waals surface area contributed by atoms with Crippen LogP contribution in [0, 0.1) is 12.8 Å². The highest BCUT2D eigenvalue weighted by molar-refractivity contribution is 7.16. The van der Waals surface area contributed by atoms with E-state index in [0.717, 1.165) is 31.6 Å². The first-order chi connectivity index (χ1) is 15.4. The minimum absolute atomic E-state index is 0.174. The minimum atomic E-state index is -0.887. The van der Waals surface area contributed by atoms with Crippen molar-refractivity contribution >= 4 is 33.7 Å². The summed E-state index contributed by atoms with van der Waals surface area (Å²) in [5, 5.41) is 14.4. The number of thiophene rings is 1. The van der Waals surface area contributed by atoms with Gasteiger partial charge < -0.3 is 15.3 Å². The highest BCUT2D eigenvalue weighted by Crippen LogP contribution is 2.54. The van der Waals surface area contributed by atoms with Crippen LogP contribution in [0.2, 0.25) is 0 Å². The Morgan fingerprint density at radius 1 is 1.18 bits per heavy atom. The Kier molecular flexibility index (Phi) is 7.52. The van der Waals surface area contributed by atoms with Crippen LogP contribution in [-0.4, -0.2) is 24.2 Å². The van der Waals surface area contributed by atoms with Crippen LogP contribution < -0.4 is 10.2 Å². The topological polar surface area (TPSA) is 52.6 Å². The summed E-state index contributed by atoms with van der Waals surface area (Å²) in [6.07, 6.45) is 4.49. The number of rotatable bonds is 9. The number of carboxylic acid groups (broad SMARTS) is 1. The molecule has 3 rings (SSSR count). The maximum absolute atomic E-state index is 11.9. The van der Waals surface area contributed by atoms with Gasteiger partial charge in [0.05, 0.1) is 16.3 Å². The SMILES string of the molecule is CCCCNc1cc(N(CC(C)C)c2sc3c(c2C)C(C)(C)CCC3(C)C)ccc1C(=O)O. The molecule has 0 unspecified atom stereocenters. The second-order valence-electron chi connectivity index (χ2n) is 11.3. The molecule has 1 heterocycles. The molecular weight excluding hydrogens is 428 g/mol.